The SMILES string of the molecule is CCCCCCOc1nsnc1C1=CCC[N+](C)(C(CCC)NC(=O)NCCCCCCCCCCCC(=O)OC(C)(C)C)C1. The van der Waals surface area contributed by atoms with Gasteiger partial charge in [0.05, 0.1) is 31.9 Å². The highest BCUT2D eigenvalue weighted by Gasteiger charge is 2.37. The van der Waals surface area contributed by atoms with Crippen LogP contribution in [0.4, 0.5) is 4.79 Å². The zero-order valence-corrected chi connectivity index (χ0v) is 30.2. The van der Waals surface area contributed by atoms with Crippen LogP contribution < -0.4 is 15.4 Å². The number of ether oxygens (including phenoxy) is 2. The highest BCUT2D eigenvalue weighted by Crippen LogP contribution is 2.32. The Morgan fingerprint density at radius 2 is 1.60 bits per heavy atom. The van der Waals surface area contributed by atoms with Gasteiger partial charge >= 0.3 is 12.0 Å². The number of nitrogens with zero attached hydrogens (tertiary/aromatic N) is 3. The molecule has 2 amide bonds. The summed E-state index contributed by atoms with van der Waals surface area (Å²) in [5.41, 5.74) is 1.65. The normalized spacial score (nSPS) is 17.4. The second kappa shape index (κ2) is 21.6. The number of hydrogen-bond donors (Lipinski definition) is 2. The molecule has 9 nitrogen and oxygen atoms in total. The molecule has 0 aromatic carbocycles. The molecule has 2 unspecified atom stereocenters. The maximum Gasteiger partial charge on any atom is 0.319 e. The molecule has 10 heteroatoms. The van der Waals surface area contributed by atoms with Crippen molar-refractivity contribution in [3.05, 3.63) is 11.8 Å². The van der Waals surface area contributed by atoms with Crippen LogP contribution in [0.15, 0.2) is 6.08 Å². The van der Waals surface area contributed by atoms with Crippen LogP contribution in [0.3, 0.4) is 0 Å². The first-order valence-corrected chi connectivity index (χ1v) is 18.6. The van der Waals surface area contributed by atoms with Crippen LogP contribution in [0.25, 0.3) is 5.57 Å². The lowest BCUT2D eigenvalue weighted by molar-refractivity contribution is -0.930. The zero-order chi connectivity index (χ0) is 33.0. The van der Waals surface area contributed by atoms with Gasteiger partial charge in [0.25, 0.3) is 5.88 Å². The Kier molecular flexibility index (Phi) is 18.7. The third-order valence-corrected chi connectivity index (χ3v) is 8.95. The van der Waals surface area contributed by atoms with Crippen molar-refractivity contribution >= 4 is 29.3 Å². The predicted molar refractivity (Wildman–Crippen MR) is 185 cm³/mol. The maximum atomic E-state index is 12.9. The van der Waals surface area contributed by atoms with E-state index in [1.54, 1.807) is 0 Å². The Morgan fingerprint density at radius 3 is 2.27 bits per heavy atom. The standard InChI is InChI=1S/C35H63N5O4S/c1-7-9-10-20-27-43-33-32(38-45-39-33)29-23-21-26-40(6,28-29)30(22-8-2)37-34(42)36-25-19-17-15-13-11-12-14-16-18-24-31(41)44-35(3,4)5/h23,30H,7-22,24-28H2,1-6H3,(H-,36,37,42)/p+1. The second-order valence-electron chi connectivity index (χ2n) is 13.9. The van der Waals surface area contributed by atoms with E-state index in [1.807, 2.05) is 20.8 Å². The molecule has 1 aliphatic rings. The average molecular weight is 651 g/mol. The van der Waals surface area contributed by atoms with Gasteiger partial charge in [0.15, 0.2) is 6.17 Å². The fourth-order valence-corrected chi connectivity index (χ4v) is 6.45. The van der Waals surface area contributed by atoms with E-state index < -0.39 is 5.60 Å². The number of esters is 1. The Bertz CT molecular complexity index is 1010. The summed E-state index contributed by atoms with van der Waals surface area (Å²) in [6.07, 6.45) is 20.5. The summed E-state index contributed by atoms with van der Waals surface area (Å²) < 4.78 is 21.2. The zero-order valence-electron chi connectivity index (χ0n) is 29.4. The molecular formula is C35H64N5O4S+. The fraction of sp³-hybridized carbons (Fsp3) is 0.829. The Hall–Kier alpha value is -2.20. The van der Waals surface area contributed by atoms with Crippen molar-refractivity contribution in [2.75, 3.05) is 33.3 Å². The summed E-state index contributed by atoms with van der Waals surface area (Å²) in [6.45, 7) is 13.3. The highest BCUT2D eigenvalue weighted by molar-refractivity contribution is 6.99. The van der Waals surface area contributed by atoms with Crippen molar-refractivity contribution < 1.29 is 23.5 Å². The molecule has 2 rings (SSSR count). The lowest BCUT2D eigenvalue weighted by Crippen LogP contribution is -2.62. The van der Waals surface area contributed by atoms with E-state index in [-0.39, 0.29) is 18.2 Å². The molecule has 0 saturated carbocycles. The van der Waals surface area contributed by atoms with Crippen molar-refractivity contribution in [2.24, 2.45) is 0 Å². The van der Waals surface area contributed by atoms with Gasteiger partial charge < -0.3 is 19.3 Å². The first kappa shape index (κ1) is 39.0. The summed E-state index contributed by atoms with van der Waals surface area (Å²) in [6, 6.07) is -0.0679. The first-order chi connectivity index (χ1) is 21.6. The number of amides is 2. The van der Waals surface area contributed by atoms with E-state index in [4.69, 9.17) is 9.47 Å². The highest BCUT2D eigenvalue weighted by atomic mass is 32.1. The molecule has 0 fully saturated rings. The number of carbonyl (C=O) groups excluding carboxylic acids is 2. The average Bonchev–Trinajstić information content (AvgIpc) is 3.45. The molecule has 2 heterocycles. The lowest BCUT2D eigenvalue weighted by atomic mass is 10.0. The van der Waals surface area contributed by atoms with Gasteiger partial charge in [0.1, 0.15) is 17.8 Å². The van der Waals surface area contributed by atoms with Crippen LogP contribution in [0.1, 0.15) is 149 Å². The quantitative estimate of drug-likeness (QED) is 0.0701. The Balaban J connectivity index is 1.64. The van der Waals surface area contributed by atoms with Crippen LogP contribution in [0, 0.1) is 0 Å². The topological polar surface area (TPSA) is 102 Å². The first-order valence-electron chi connectivity index (χ1n) is 17.8. The van der Waals surface area contributed by atoms with Gasteiger partial charge in [-0.3, -0.25) is 10.1 Å². The number of hydrogen-bond acceptors (Lipinski definition) is 7. The molecule has 0 aliphatic carbocycles. The Morgan fingerprint density at radius 1 is 0.933 bits per heavy atom. The minimum Gasteiger partial charge on any atom is -0.475 e. The van der Waals surface area contributed by atoms with Gasteiger partial charge in [-0.25, -0.2) is 4.79 Å². The van der Waals surface area contributed by atoms with Crippen LogP contribution in [-0.2, 0) is 9.53 Å². The second-order valence-corrected chi connectivity index (χ2v) is 14.5. The monoisotopic (exact) mass is 650 g/mol. The van der Waals surface area contributed by atoms with Crippen molar-refractivity contribution in [3.63, 3.8) is 0 Å². The number of unbranched alkanes of at least 4 members (excludes halogenated alkanes) is 11. The van der Waals surface area contributed by atoms with Gasteiger partial charge in [0.2, 0.25) is 0 Å². The fourth-order valence-electron chi connectivity index (χ4n) is 5.91. The molecule has 1 aromatic rings. The molecule has 0 spiro atoms. The smallest absolute Gasteiger partial charge is 0.319 e. The van der Waals surface area contributed by atoms with E-state index in [9.17, 15) is 9.59 Å². The number of urea groups is 1. The molecule has 0 bridgehead atoms. The third kappa shape index (κ3) is 16.3. The van der Waals surface area contributed by atoms with Crippen LogP contribution in [0.2, 0.25) is 0 Å². The largest absolute Gasteiger partial charge is 0.475 e. The number of nitrogens with one attached hydrogen (secondary N) is 2. The number of aromatic nitrogens is 2. The summed E-state index contributed by atoms with van der Waals surface area (Å²) in [5.74, 6) is 0.570. The Labute approximate surface area is 278 Å². The van der Waals surface area contributed by atoms with Crippen molar-refractivity contribution in [2.45, 2.75) is 156 Å². The number of rotatable bonds is 23. The number of carbonyl (C=O) groups is 2. The van der Waals surface area contributed by atoms with Crippen molar-refractivity contribution in [1.82, 2.24) is 19.4 Å². The van der Waals surface area contributed by atoms with E-state index in [1.165, 1.54) is 68.7 Å². The summed E-state index contributed by atoms with van der Waals surface area (Å²) in [4.78, 5) is 24.7. The van der Waals surface area contributed by atoms with E-state index in [0.717, 1.165) is 74.6 Å². The summed E-state index contributed by atoms with van der Waals surface area (Å²) in [5, 5.41) is 6.43. The minimum atomic E-state index is -0.391. The van der Waals surface area contributed by atoms with Gasteiger partial charge in [-0.05, 0) is 46.5 Å². The molecular weight excluding hydrogens is 586 g/mol. The lowest BCUT2D eigenvalue weighted by Gasteiger charge is -2.44. The summed E-state index contributed by atoms with van der Waals surface area (Å²) >= 11 is 1.21. The van der Waals surface area contributed by atoms with Crippen LogP contribution >= 0.6 is 11.7 Å². The molecule has 2 N–H and O–H groups in total. The van der Waals surface area contributed by atoms with Gasteiger partial charge in [-0.15, -0.1) is 4.37 Å². The van der Waals surface area contributed by atoms with E-state index in [2.05, 4.69) is 46.4 Å². The summed E-state index contributed by atoms with van der Waals surface area (Å²) in [7, 11) is 2.25. The molecule has 258 valence electrons. The predicted octanol–water partition coefficient (Wildman–Crippen LogP) is 8.40. The number of likely N-dealkylation sites (N-methyl/N-ethyl adjacent to an activating group) is 1. The number of quaternary nitrogens is 1. The van der Waals surface area contributed by atoms with Gasteiger partial charge in [0, 0.05) is 31.4 Å². The maximum absolute atomic E-state index is 12.9. The molecule has 45 heavy (non-hydrogen) atoms. The van der Waals surface area contributed by atoms with E-state index in [0.29, 0.717) is 25.5 Å². The third-order valence-electron chi connectivity index (χ3n) is 8.44. The molecule has 0 saturated heterocycles. The minimum absolute atomic E-state index is 0.0350. The van der Waals surface area contributed by atoms with Crippen LogP contribution in [-0.4, -0.2) is 70.3 Å². The van der Waals surface area contributed by atoms with Crippen molar-refractivity contribution in [3.8, 4) is 5.88 Å². The molecule has 2 atom stereocenters. The van der Waals surface area contributed by atoms with Crippen LogP contribution in [0.5, 0.6) is 5.88 Å². The molecule has 1 aliphatic heterocycles. The van der Waals surface area contributed by atoms with Gasteiger partial charge in [-0.1, -0.05) is 84.1 Å². The molecule has 0 radical (unpaired) electrons. The van der Waals surface area contributed by atoms with Crippen molar-refractivity contribution in [1.29, 1.82) is 0 Å². The van der Waals surface area contributed by atoms with E-state index >= 15 is 0 Å². The van der Waals surface area contributed by atoms with Gasteiger partial charge in [-0.2, -0.15) is 4.37 Å². The molecule has 1 aromatic heterocycles.